The van der Waals surface area contributed by atoms with Crippen LogP contribution in [0.1, 0.15) is 64.6 Å². The van der Waals surface area contributed by atoms with E-state index in [4.69, 9.17) is 57.8 Å². The maximum Gasteiger partial charge on any atom is 0.320 e. The maximum absolute atomic E-state index is 13.4. The van der Waals surface area contributed by atoms with E-state index in [1.807, 2.05) is 188 Å². The highest BCUT2D eigenvalue weighted by Gasteiger charge is 2.29. The Morgan fingerprint density at radius 3 is 1.47 bits per heavy atom. The van der Waals surface area contributed by atoms with Crippen molar-refractivity contribution in [3.63, 3.8) is 0 Å². The van der Waals surface area contributed by atoms with Crippen molar-refractivity contribution in [2.75, 3.05) is 196 Å². The Labute approximate surface area is 758 Å². The molecule has 14 aromatic rings. The van der Waals surface area contributed by atoms with Gasteiger partial charge in [-0.2, -0.15) is 55.2 Å². The summed E-state index contributed by atoms with van der Waals surface area (Å²) in [5, 5.41) is 15.1. The number of hydrogen-bond donors (Lipinski definition) is 1. The number of carbonyl (C=O) groups excluding carboxylic acids is 4. The molecule has 38 heteroatoms. The zero-order valence-electron chi connectivity index (χ0n) is 75.3. The van der Waals surface area contributed by atoms with E-state index in [9.17, 15) is 19.2 Å². The molecule has 2 amide bonds. The molecular weight excluding hydrogens is 1670 g/mol. The highest BCUT2D eigenvalue weighted by molar-refractivity contribution is 6.13. The fourth-order valence-electron chi connectivity index (χ4n) is 15.3. The van der Waals surface area contributed by atoms with Gasteiger partial charge in [-0.25, -0.2) is 0 Å². The number of aromatic nitrogens is 19. The number of pyridine rings is 2. The standard InChI is InChI=1S/2C24H27N7O3.C23H25N7O3.C22H31N5O3/c1-17-13-18(3-6-25-17)14-21(32)31-7-4-20-22(30-8-11-33-12-9-30)27-24(28-23(20)31)34-10-5-19-15-26-29(2)16-19;1-29-16-17(14-26-29)7-10-34-22-13-21(31-8-11-33-12-9-31)27-24(28-22)30(2)23(32)19-15-25-20-6-4-3-5-18(19)20;1-28-16-18(15-25-28)5-11-33-23-26-21(29-9-12-32-13-10-29)19-4-8-30(22(19)27-23)20(31)14-17-2-6-24-7-3-17;1-17-6-5-7-18(14-17)15-21(28)27(9-8-25(2)3)22-23-19(16-20(24-22)29-4)26-10-12-30-13-11-26/h3-4,6-7,13,15-16H,5,8-12,14H2,1-2H3;3-6,13-16,25H,7-12H2,1-2H3;2-4,6-8,15-16H,5,9-14H2,1H3;5-7,14,16H,8-13,15H2,1-4H3. The first kappa shape index (κ1) is 91.5. The summed E-state index contributed by atoms with van der Waals surface area (Å²) < 4.78 is 53.7. The van der Waals surface area contributed by atoms with Gasteiger partial charge in [0.15, 0.2) is 11.3 Å². The molecule has 0 spiro atoms. The van der Waals surface area contributed by atoms with Gasteiger partial charge in [0.2, 0.25) is 41.4 Å². The Morgan fingerprint density at radius 1 is 0.466 bits per heavy atom. The van der Waals surface area contributed by atoms with E-state index in [1.165, 1.54) is 4.90 Å². The second kappa shape index (κ2) is 44.2. The molecule has 0 aliphatic carbocycles. The number of anilines is 6. The molecule has 131 heavy (non-hydrogen) atoms. The lowest BCUT2D eigenvalue weighted by atomic mass is 10.1. The number of ether oxygens (including phenoxy) is 8. The minimum absolute atomic E-state index is 0.0383. The van der Waals surface area contributed by atoms with E-state index in [0.29, 0.717) is 165 Å². The molecule has 18 rings (SSSR count). The van der Waals surface area contributed by atoms with E-state index >= 15 is 0 Å². The third kappa shape index (κ3) is 24.4. The molecule has 0 unspecified atom stereocenters. The van der Waals surface area contributed by atoms with E-state index in [-0.39, 0.29) is 54.4 Å². The van der Waals surface area contributed by atoms with Gasteiger partial charge in [-0.05, 0) is 104 Å². The first-order valence-corrected chi connectivity index (χ1v) is 43.7. The summed E-state index contributed by atoms with van der Waals surface area (Å²) >= 11 is 0. The fourth-order valence-corrected chi connectivity index (χ4v) is 15.3. The van der Waals surface area contributed by atoms with E-state index < -0.39 is 0 Å². The number of morpholine rings is 4. The monoisotopic (exact) mass is 1780 g/mol. The van der Waals surface area contributed by atoms with Gasteiger partial charge in [0.25, 0.3) is 5.91 Å². The van der Waals surface area contributed by atoms with E-state index in [0.717, 1.165) is 123 Å². The van der Waals surface area contributed by atoms with Gasteiger partial charge in [0.05, 0.1) is 134 Å². The average molecular weight is 1780 g/mol. The lowest BCUT2D eigenvalue weighted by molar-refractivity contribution is -0.118. The van der Waals surface area contributed by atoms with Crippen LogP contribution in [-0.2, 0) is 83.4 Å². The predicted molar refractivity (Wildman–Crippen MR) is 494 cm³/mol. The second-order valence-electron chi connectivity index (χ2n) is 32.1. The van der Waals surface area contributed by atoms with Crippen molar-refractivity contribution in [3.05, 3.63) is 222 Å². The molecule has 4 fully saturated rings. The quantitative estimate of drug-likeness (QED) is 0.0460. The van der Waals surface area contributed by atoms with Crippen molar-refractivity contribution in [1.82, 2.24) is 98.2 Å². The minimum Gasteiger partial charge on any atom is -0.481 e. The summed E-state index contributed by atoms with van der Waals surface area (Å²) in [5.74, 6) is 4.12. The number of H-pyrrole nitrogens is 1. The van der Waals surface area contributed by atoms with Gasteiger partial charge in [-0.3, -0.25) is 62.1 Å². The van der Waals surface area contributed by atoms with Crippen LogP contribution in [0, 0.1) is 13.8 Å². The minimum atomic E-state index is -0.196. The van der Waals surface area contributed by atoms with Crippen LogP contribution < -0.4 is 48.3 Å². The van der Waals surface area contributed by atoms with Crippen LogP contribution in [-0.4, -0.2) is 288 Å². The maximum atomic E-state index is 13.4. The first-order valence-electron chi connectivity index (χ1n) is 43.7. The average Bonchev–Trinajstić information content (AvgIpc) is 1.64. The van der Waals surface area contributed by atoms with Crippen molar-refractivity contribution in [2.24, 2.45) is 21.1 Å². The number of amides is 2. The molecule has 684 valence electrons. The summed E-state index contributed by atoms with van der Waals surface area (Å²) in [7, 11) is 12.9. The Bertz CT molecular complexity index is 6160. The number of likely N-dealkylation sites (N-methyl/N-ethyl adjacent to an activating group) is 1. The Kier molecular flexibility index (Phi) is 30.9. The van der Waals surface area contributed by atoms with Gasteiger partial charge in [0.1, 0.15) is 23.3 Å². The van der Waals surface area contributed by atoms with E-state index in [1.54, 1.807) is 79.4 Å². The van der Waals surface area contributed by atoms with Crippen LogP contribution >= 0.6 is 0 Å². The van der Waals surface area contributed by atoms with Crippen molar-refractivity contribution >= 4 is 91.8 Å². The fraction of sp³-hybridized carbons (Fsp3) is 0.387. The van der Waals surface area contributed by atoms with Crippen molar-refractivity contribution in [2.45, 2.75) is 52.4 Å². The highest BCUT2D eigenvalue weighted by atomic mass is 16.5. The summed E-state index contributed by atoms with van der Waals surface area (Å²) in [4.78, 5) is 115. The molecular formula is C93H110N26O12. The number of fused-ring (bicyclic) bond motifs is 3. The molecule has 0 radical (unpaired) electrons. The number of rotatable bonds is 29. The molecule has 4 saturated heterocycles. The predicted octanol–water partition coefficient (Wildman–Crippen LogP) is 8.30. The van der Waals surface area contributed by atoms with Crippen molar-refractivity contribution in [3.8, 4) is 23.8 Å². The zero-order valence-corrected chi connectivity index (χ0v) is 75.3. The first-order chi connectivity index (χ1) is 63.8. The Balaban J connectivity index is 0.000000134. The molecule has 38 nitrogen and oxygen atoms in total. The van der Waals surface area contributed by atoms with Crippen LogP contribution in [0.4, 0.5) is 35.2 Å². The smallest absolute Gasteiger partial charge is 0.320 e. The van der Waals surface area contributed by atoms with Crippen LogP contribution in [0.3, 0.4) is 0 Å². The Hall–Kier alpha value is -14.2. The SMILES string of the molecule is CN(C(=O)c1c[nH]c2ccccc12)c1nc(OCCc2cnn(C)c2)cc(N2CCOCC2)n1.COc1cc(N2CCOCC2)nc(N(CCN(C)C)C(=O)Cc2cccc(C)c2)n1.Cc1cc(CC(=O)n2ccc3c(N4CCOCC4)nc(OCCc4cnn(C)c4)nc32)ccn1.Cn1cc(CCOc2nc(N3CCOCC3)c3ccn(C(=O)Cc4ccncc4)c3n2)cn1. The number of aromatic amines is 1. The van der Waals surface area contributed by atoms with Crippen LogP contribution in [0.2, 0.25) is 0 Å². The molecule has 2 aromatic carbocycles. The number of nitrogens with zero attached hydrogens (tertiary/aromatic N) is 25. The summed E-state index contributed by atoms with van der Waals surface area (Å²) in [6.07, 6.45) is 24.5. The number of methoxy groups -OCH3 is 1. The normalized spacial score (nSPS) is 14.0. The largest absolute Gasteiger partial charge is 0.481 e. The summed E-state index contributed by atoms with van der Waals surface area (Å²) in [5.41, 5.74) is 10.6. The molecule has 16 heterocycles. The van der Waals surface area contributed by atoms with Crippen molar-refractivity contribution < 1.29 is 57.1 Å². The summed E-state index contributed by atoms with van der Waals surface area (Å²) in [6, 6.07) is 31.1. The second-order valence-corrected chi connectivity index (χ2v) is 32.1. The number of carbonyl (C=O) groups is 4. The van der Waals surface area contributed by atoms with Gasteiger partial charge in [-0.15, -0.1) is 0 Å². The van der Waals surface area contributed by atoms with Gasteiger partial charge in [-0.1, -0.05) is 48.0 Å². The van der Waals surface area contributed by atoms with Crippen LogP contribution in [0.25, 0.3) is 33.0 Å². The third-order valence-corrected chi connectivity index (χ3v) is 22.2. The van der Waals surface area contributed by atoms with Crippen LogP contribution in [0.15, 0.2) is 171 Å². The van der Waals surface area contributed by atoms with Gasteiger partial charge < -0.3 is 67.4 Å². The Morgan fingerprint density at radius 2 is 0.954 bits per heavy atom. The number of nitrogens with one attached hydrogen (secondary N) is 1. The number of para-hydroxylation sites is 1. The van der Waals surface area contributed by atoms with Crippen LogP contribution in [0.5, 0.6) is 23.8 Å². The molecule has 4 aliphatic rings. The number of benzene rings is 2. The van der Waals surface area contributed by atoms with Gasteiger partial charge in [0, 0.05) is 197 Å². The van der Waals surface area contributed by atoms with Crippen molar-refractivity contribution in [1.29, 1.82) is 0 Å². The lowest BCUT2D eigenvalue weighted by Crippen LogP contribution is -2.40. The molecule has 4 aliphatic heterocycles. The molecule has 0 atom stereocenters. The zero-order chi connectivity index (χ0) is 91.1. The summed E-state index contributed by atoms with van der Waals surface area (Å²) in [6.45, 7) is 17.2. The number of hydrogen-bond acceptors (Lipinski definition) is 30. The van der Waals surface area contributed by atoms with E-state index in [2.05, 4.69) is 69.8 Å². The molecule has 12 aromatic heterocycles. The number of aryl methyl sites for hydroxylation is 5. The topological polar surface area (TPSA) is 373 Å². The third-order valence-electron chi connectivity index (χ3n) is 22.2. The highest BCUT2D eigenvalue weighted by Crippen LogP contribution is 2.33. The lowest BCUT2D eigenvalue weighted by Gasteiger charge is -2.29. The molecule has 0 bridgehead atoms. The molecule has 0 saturated carbocycles. The van der Waals surface area contributed by atoms with Gasteiger partial charge >= 0.3 is 12.0 Å². The molecule has 1 N–H and O–H groups in total.